The first-order valence-corrected chi connectivity index (χ1v) is 11.2. The Bertz CT molecular complexity index is 1100. The molecule has 2 aromatic heterocycles. The number of fused-ring (bicyclic) bond motifs is 1. The van der Waals surface area contributed by atoms with E-state index in [2.05, 4.69) is 22.3 Å². The number of amides is 1. The van der Waals surface area contributed by atoms with E-state index in [1.54, 1.807) is 23.9 Å². The minimum atomic E-state index is -0.0841. The van der Waals surface area contributed by atoms with Gasteiger partial charge in [0.2, 0.25) is 5.95 Å². The first-order chi connectivity index (χ1) is 15.5. The van der Waals surface area contributed by atoms with Crippen molar-refractivity contribution in [1.29, 1.82) is 0 Å². The summed E-state index contributed by atoms with van der Waals surface area (Å²) in [5.41, 5.74) is 2.02. The van der Waals surface area contributed by atoms with Gasteiger partial charge in [0.05, 0.1) is 12.7 Å². The second kappa shape index (κ2) is 9.75. The van der Waals surface area contributed by atoms with Crippen molar-refractivity contribution in [2.24, 2.45) is 5.92 Å². The summed E-state index contributed by atoms with van der Waals surface area (Å²) in [4.78, 5) is 19.8. The van der Waals surface area contributed by atoms with Crippen LogP contribution in [0.15, 0.2) is 36.5 Å². The molecule has 0 radical (unpaired) electrons. The van der Waals surface area contributed by atoms with Crippen LogP contribution < -0.4 is 10.1 Å². The molecule has 1 aromatic carbocycles. The lowest BCUT2D eigenvalue weighted by molar-refractivity contribution is 0.0500. The molecule has 0 spiro atoms. The van der Waals surface area contributed by atoms with E-state index in [0.717, 1.165) is 18.4 Å². The smallest absolute Gasteiger partial charge is 0.255 e. The largest absolute Gasteiger partial charge is 0.493 e. The number of anilines is 1. The van der Waals surface area contributed by atoms with Crippen LogP contribution in [0.5, 0.6) is 5.75 Å². The molecule has 0 aliphatic carbocycles. The van der Waals surface area contributed by atoms with Crippen LogP contribution in [0.4, 0.5) is 5.95 Å². The Morgan fingerprint density at radius 3 is 2.94 bits per heavy atom. The Hall–Kier alpha value is -2.84. The minimum Gasteiger partial charge on any atom is -0.493 e. The van der Waals surface area contributed by atoms with Crippen LogP contribution in [0.2, 0.25) is 5.02 Å². The van der Waals surface area contributed by atoms with Crippen molar-refractivity contribution in [3.8, 4) is 5.75 Å². The van der Waals surface area contributed by atoms with E-state index in [1.165, 1.54) is 0 Å². The van der Waals surface area contributed by atoms with Gasteiger partial charge in [-0.05, 0) is 48.9 Å². The van der Waals surface area contributed by atoms with Crippen molar-refractivity contribution in [3.05, 3.63) is 52.7 Å². The number of nitrogens with zero attached hydrogens (tertiary/aromatic N) is 4. The van der Waals surface area contributed by atoms with Gasteiger partial charge < -0.3 is 20.1 Å². The third-order valence-corrected chi connectivity index (χ3v) is 6.11. The minimum absolute atomic E-state index is 0.0380. The number of rotatable bonds is 7. The van der Waals surface area contributed by atoms with Crippen molar-refractivity contribution in [3.63, 3.8) is 0 Å². The fourth-order valence-electron chi connectivity index (χ4n) is 4.20. The van der Waals surface area contributed by atoms with Gasteiger partial charge in [-0.2, -0.15) is 4.98 Å². The van der Waals surface area contributed by atoms with Gasteiger partial charge >= 0.3 is 0 Å². The molecular formula is C23H28ClN5O3. The molecule has 0 saturated carbocycles. The van der Waals surface area contributed by atoms with Crippen LogP contribution in [-0.2, 0) is 6.54 Å². The Morgan fingerprint density at radius 1 is 1.34 bits per heavy atom. The number of halogens is 1. The van der Waals surface area contributed by atoms with Gasteiger partial charge in [0.15, 0.2) is 11.4 Å². The number of aliphatic hydroxyl groups excluding tert-OH is 1. The number of carbonyl (C=O) groups is 1. The van der Waals surface area contributed by atoms with E-state index < -0.39 is 0 Å². The molecule has 2 unspecified atom stereocenters. The first-order valence-electron chi connectivity index (χ1n) is 10.8. The summed E-state index contributed by atoms with van der Waals surface area (Å²) < 4.78 is 7.08. The maximum atomic E-state index is 13.4. The molecule has 2 atom stereocenters. The monoisotopic (exact) mass is 457 g/mol. The van der Waals surface area contributed by atoms with E-state index in [4.69, 9.17) is 16.3 Å². The van der Waals surface area contributed by atoms with E-state index in [9.17, 15) is 9.90 Å². The number of likely N-dealkylation sites (tertiary alicyclic amines) is 1. The SMILES string of the molecule is COc1cc(C(=O)N2CC(C)CCC2CCO)cn2nc(NCc3cccc(Cl)c3)nc12. The zero-order chi connectivity index (χ0) is 22.7. The molecule has 32 heavy (non-hydrogen) atoms. The molecule has 9 heteroatoms. The highest BCUT2D eigenvalue weighted by Gasteiger charge is 2.31. The van der Waals surface area contributed by atoms with Gasteiger partial charge in [-0.1, -0.05) is 30.7 Å². The number of methoxy groups -OCH3 is 1. The van der Waals surface area contributed by atoms with E-state index in [-0.39, 0.29) is 18.6 Å². The van der Waals surface area contributed by atoms with Crippen molar-refractivity contribution in [1.82, 2.24) is 19.5 Å². The fourth-order valence-corrected chi connectivity index (χ4v) is 4.41. The van der Waals surface area contributed by atoms with Crippen molar-refractivity contribution in [2.45, 2.75) is 38.8 Å². The van der Waals surface area contributed by atoms with Gasteiger partial charge in [0, 0.05) is 37.0 Å². The number of aliphatic hydroxyl groups is 1. The second-order valence-electron chi connectivity index (χ2n) is 8.29. The lowest BCUT2D eigenvalue weighted by Gasteiger charge is -2.38. The molecule has 170 valence electrons. The fraction of sp³-hybridized carbons (Fsp3) is 0.435. The van der Waals surface area contributed by atoms with Gasteiger partial charge in [-0.3, -0.25) is 4.79 Å². The van der Waals surface area contributed by atoms with E-state index >= 15 is 0 Å². The number of aromatic nitrogens is 3. The Balaban J connectivity index is 1.59. The number of ether oxygens (including phenoxy) is 1. The predicted octanol–water partition coefficient (Wildman–Crippen LogP) is 3.63. The third kappa shape index (κ3) is 4.81. The molecular weight excluding hydrogens is 430 g/mol. The maximum Gasteiger partial charge on any atom is 0.255 e. The molecule has 3 heterocycles. The zero-order valence-corrected chi connectivity index (χ0v) is 19.0. The predicted molar refractivity (Wildman–Crippen MR) is 123 cm³/mol. The molecule has 1 amide bonds. The third-order valence-electron chi connectivity index (χ3n) is 5.87. The Morgan fingerprint density at radius 2 is 2.19 bits per heavy atom. The number of nitrogens with one attached hydrogen (secondary N) is 1. The first kappa shape index (κ1) is 22.4. The highest BCUT2D eigenvalue weighted by atomic mass is 35.5. The molecule has 4 rings (SSSR count). The topological polar surface area (TPSA) is 92.0 Å². The van der Waals surface area contributed by atoms with Gasteiger partial charge in [-0.15, -0.1) is 5.10 Å². The van der Waals surface area contributed by atoms with Crippen LogP contribution in [0.3, 0.4) is 0 Å². The molecule has 1 saturated heterocycles. The van der Waals surface area contributed by atoms with E-state index in [1.807, 2.05) is 29.2 Å². The van der Waals surface area contributed by atoms with Crippen LogP contribution in [0.25, 0.3) is 5.65 Å². The lowest BCUT2D eigenvalue weighted by atomic mass is 9.92. The van der Waals surface area contributed by atoms with Crippen molar-refractivity contribution < 1.29 is 14.6 Å². The molecule has 8 nitrogen and oxygen atoms in total. The molecule has 2 N–H and O–H groups in total. The summed E-state index contributed by atoms with van der Waals surface area (Å²) in [6, 6.07) is 9.31. The summed E-state index contributed by atoms with van der Waals surface area (Å²) in [7, 11) is 1.55. The van der Waals surface area contributed by atoms with Crippen molar-refractivity contribution in [2.75, 3.05) is 25.6 Å². The molecule has 1 aliphatic heterocycles. The average molecular weight is 458 g/mol. The van der Waals surface area contributed by atoms with Gasteiger partial charge in [0.1, 0.15) is 0 Å². The number of pyridine rings is 1. The summed E-state index contributed by atoms with van der Waals surface area (Å²) in [5, 5.41) is 17.8. The van der Waals surface area contributed by atoms with Crippen LogP contribution in [-0.4, -0.2) is 56.8 Å². The average Bonchev–Trinajstić information content (AvgIpc) is 3.21. The lowest BCUT2D eigenvalue weighted by Crippen LogP contribution is -2.46. The summed E-state index contributed by atoms with van der Waals surface area (Å²) in [5.74, 6) is 1.24. The number of hydrogen-bond donors (Lipinski definition) is 2. The van der Waals surface area contributed by atoms with E-state index in [0.29, 0.717) is 53.4 Å². The normalized spacial score (nSPS) is 18.7. The highest BCUT2D eigenvalue weighted by Crippen LogP contribution is 2.28. The highest BCUT2D eigenvalue weighted by molar-refractivity contribution is 6.30. The maximum absolute atomic E-state index is 13.4. The summed E-state index contributed by atoms with van der Waals surface area (Å²) >= 11 is 6.05. The van der Waals surface area contributed by atoms with Crippen LogP contribution in [0.1, 0.15) is 42.1 Å². The molecule has 1 aliphatic rings. The summed E-state index contributed by atoms with van der Waals surface area (Å²) in [6.45, 7) is 3.40. The molecule has 3 aromatic rings. The zero-order valence-electron chi connectivity index (χ0n) is 18.3. The van der Waals surface area contributed by atoms with Gasteiger partial charge in [-0.25, -0.2) is 4.52 Å². The molecule has 0 bridgehead atoms. The second-order valence-corrected chi connectivity index (χ2v) is 8.73. The Kier molecular flexibility index (Phi) is 6.81. The number of carbonyl (C=O) groups excluding carboxylic acids is 1. The summed E-state index contributed by atoms with van der Waals surface area (Å²) in [6.07, 6.45) is 4.22. The molecule has 1 fully saturated rings. The Labute approximate surface area is 192 Å². The number of piperidine rings is 1. The standard InChI is InChI=1S/C23H28ClN5O3/c1-15-6-7-19(8-9-30)28(13-15)22(31)17-11-20(32-2)21-26-23(27-29(21)14-17)25-12-16-4-3-5-18(24)10-16/h3-5,10-11,14-15,19,30H,6-9,12-13H2,1-2H3,(H,25,27). The quantitative estimate of drug-likeness (QED) is 0.563. The van der Waals surface area contributed by atoms with Gasteiger partial charge in [0.25, 0.3) is 5.91 Å². The van der Waals surface area contributed by atoms with Crippen molar-refractivity contribution >= 4 is 29.1 Å². The number of benzene rings is 1. The van der Waals surface area contributed by atoms with Crippen LogP contribution in [0, 0.1) is 5.92 Å². The number of hydrogen-bond acceptors (Lipinski definition) is 6. The van der Waals surface area contributed by atoms with Crippen LogP contribution >= 0.6 is 11.6 Å².